The van der Waals surface area contributed by atoms with Crippen molar-refractivity contribution in [2.24, 2.45) is 11.8 Å². The van der Waals surface area contributed by atoms with E-state index < -0.39 is 41.8 Å². The van der Waals surface area contributed by atoms with Gasteiger partial charge in [0.25, 0.3) is 11.8 Å². The van der Waals surface area contributed by atoms with Crippen LogP contribution in [-0.2, 0) is 19.2 Å². The Morgan fingerprint density at radius 3 is 2.33 bits per heavy atom. The number of halogens is 1. The first-order chi connectivity index (χ1) is 10.1. The molecule has 0 radical (unpaired) electrons. The number of amides is 2. The van der Waals surface area contributed by atoms with Crippen LogP contribution in [0.2, 0.25) is 4.34 Å². The third-order valence-corrected chi connectivity index (χ3v) is 5.03. The lowest BCUT2D eigenvalue weighted by atomic mass is 9.85. The standard InChI is InChI=1S/C13H8ClNO5S/c14-8-4-3-7(21-8)13(18)20-15-11(16)9-5-1-2-6(19-5)10(9)12(15)17/h1-6,9-10H/t5-,6+,9+,10-. The van der Waals surface area contributed by atoms with E-state index in [1.54, 1.807) is 18.2 Å². The molecule has 0 aliphatic carbocycles. The molecule has 1 aromatic rings. The molecule has 0 spiro atoms. The van der Waals surface area contributed by atoms with Crippen molar-refractivity contribution in [3.05, 3.63) is 33.5 Å². The molecular weight excluding hydrogens is 318 g/mol. The van der Waals surface area contributed by atoms with Gasteiger partial charge in [0, 0.05) is 0 Å². The van der Waals surface area contributed by atoms with Crippen LogP contribution in [0.1, 0.15) is 9.67 Å². The highest BCUT2D eigenvalue weighted by atomic mass is 35.5. The van der Waals surface area contributed by atoms with Gasteiger partial charge in [-0.05, 0) is 12.1 Å². The summed E-state index contributed by atoms with van der Waals surface area (Å²) in [5, 5.41) is 0.570. The van der Waals surface area contributed by atoms with Gasteiger partial charge < -0.3 is 9.57 Å². The Kier molecular flexibility index (Phi) is 2.72. The Bertz CT molecular complexity index is 668. The molecule has 0 unspecified atom stereocenters. The summed E-state index contributed by atoms with van der Waals surface area (Å²) in [4.78, 5) is 41.6. The Balaban J connectivity index is 1.56. The molecule has 4 heterocycles. The first-order valence-corrected chi connectivity index (χ1v) is 7.45. The molecule has 3 aliphatic rings. The maximum absolute atomic E-state index is 12.3. The Morgan fingerprint density at radius 1 is 1.19 bits per heavy atom. The van der Waals surface area contributed by atoms with E-state index in [4.69, 9.17) is 21.2 Å². The van der Waals surface area contributed by atoms with E-state index in [1.807, 2.05) is 0 Å². The number of ether oxygens (including phenoxy) is 1. The summed E-state index contributed by atoms with van der Waals surface area (Å²) in [6.07, 6.45) is 2.72. The maximum atomic E-state index is 12.3. The highest BCUT2D eigenvalue weighted by molar-refractivity contribution is 7.17. The number of rotatable bonds is 2. The number of hydroxylamine groups is 2. The average molecular weight is 326 g/mol. The predicted octanol–water partition coefficient (Wildman–Crippen LogP) is 1.41. The minimum absolute atomic E-state index is 0.231. The molecule has 0 N–H and O–H groups in total. The zero-order valence-electron chi connectivity index (χ0n) is 10.4. The third kappa shape index (κ3) is 1.78. The highest BCUT2D eigenvalue weighted by Gasteiger charge is 2.62. The molecule has 8 heteroatoms. The van der Waals surface area contributed by atoms with Crippen molar-refractivity contribution in [1.82, 2.24) is 5.06 Å². The van der Waals surface area contributed by atoms with Gasteiger partial charge in [0.2, 0.25) is 0 Å². The molecule has 2 bridgehead atoms. The van der Waals surface area contributed by atoms with Crippen LogP contribution in [0.25, 0.3) is 0 Å². The average Bonchev–Trinajstić information content (AvgIpc) is 3.19. The van der Waals surface area contributed by atoms with E-state index in [9.17, 15) is 14.4 Å². The molecule has 6 nitrogen and oxygen atoms in total. The van der Waals surface area contributed by atoms with Crippen LogP contribution in [0.3, 0.4) is 0 Å². The SMILES string of the molecule is O=C(ON1C(=O)[C@@H]2[C@H](C1=O)[C@@H]1C=C[C@H]2O1)c1ccc(Cl)s1. The molecular formula is C13H8ClNO5S. The molecule has 108 valence electrons. The number of hydrogen-bond acceptors (Lipinski definition) is 6. The summed E-state index contributed by atoms with van der Waals surface area (Å²) in [5.74, 6) is -3.01. The molecule has 21 heavy (non-hydrogen) atoms. The number of fused-ring (bicyclic) bond motifs is 5. The largest absolute Gasteiger partial charge is 0.373 e. The lowest BCUT2D eigenvalue weighted by Crippen LogP contribution is -2.36. The molecule has 2 fully saturated rings. The van der Waals surface area contributed by atoms with Crippen LogP contribution in [0, 0.1) is 11.8 Å². The Morgan fingerprint density at radius 2 is 1.81 bits per heavy atom. The summed E-state index contributed by atoms with van der Waals surface area (Å²) < 4.78 is 5.91. The van der Waals surface area contributed by atoms with Gasteiger partial charge in [-0.1, -0.05) is 23.8 Å². The number of hydrogen-bond donors (Lipinski definition) is 0. The first kappa shape index (κ1) is 13.0. The summed E-state index contributed by atoms with van der Waals surface area (Å²) >= 11 is 6.76. The van der Waals surface area contributed by atoms with E-state index >= 15 is 0 Å². The maximum Gasteiger partial charge on any atom is 0.373 e. The second kappa shape index (κ2) is 4.40. The van der Waals surface area contributed by atoms with Crippen LogP contribution in [0.15, 0.2) is 24.3 Å². The van der Waals surface area contributed by atoms with Crippen molar-refractivity contribution < 1.29 is 24.0 Å². The van der Waals surface area contributed by atoms with Gasteiger partial charge in [-0.3, -0.25) is 9.59 Å². The second-order valence-electron chi connectivity index (χ2n) is 4.96. The minimum Gasteiger partial charge on any atom is -0.365 e. The molecule has 3 aliphatic heterocycles. The summed E-state index contributed by atoms with van der Waals surface area (Å²) in [7, 11) is 0. The zero-order valence-corrected chi connectivity index (χ0v) is 12.0. The van der Waals surface area contributed by atoms with E-state index in [1.165, 1.54) is 6.07 Å². The van der Waals surface area contributed by atoms with Gasteiger partial charge in [0.05, 0.1) is 28.4 Å². The third-order valence-electron chi connectivity index (χ3n) is 3.82. The fourth-order valence-corrected chi connectivity index (χ4v) is 3.83. The van der Waals surface area contributed by atoms with Crippen molar-refractivity contribution in [3.8, 4) is 0 Å². The molecule has 1 aromatic heterocycles. The lowest BCUT2D eigenvalue weighted by Gasteiger charge is -2.15. The molecule has 4 atom stereocenters. The highest BCUT2D eigenvalue weighted by Crippen LogP contribution is 2.45. The topological polar surface area (TPSA) is 72.9 Å². The Hall–Kier alpha value is -1.70. The van der Waals surface area contributed by atoms with Gasteiger partial charge in [0.1, 0.15) is 4.88 Å². The van der Waals surface area contributed by atoms with Crippen molar-refractivity contribution >= 4 is 40.7 Å². The summed E-state index contributed by atoms with van der Waals surface area (Å²) in [6, 6.07) is 3.03. The number of carbonyl (C=O) groups excluding carboxylic acids is 3. The normalized spacial score (nSPS) is 32.9. The van der Waals surface area contributed by atoms with Crippen LogP contribution < -0.4 is 0 Å². The van der Waals surface area contributed by atoms with Crippen LogP contribution in [-0.4, -0.2) is 35.1 Å². The van der Waals surface area contributed by atoms with Gasteiger partial charge in [-0.15, -0.1) is 16.4 Å². The second-order valence-corrected chi connectivity index (χ2v) is 6.67. The first-order valence-electron chi connectivity index (χ1n) is 6.25. The van der Waals surface area contributed by atoms with Crippen LogP contribution in [0.4, 0.5) is 0 Å². The summed E-state index contributed by atoms with van der Waals surface area (Å²) in [5.41, 5.74) is 0. The summed E-state index contributed by atoms with van der Waals surface area (Å²) in [6.45, 7) is 0. The van der Waals surface area contributed by atoms with Gasteiger partial charge in [-0.2, -0.15) is 0 Å². The lowest BCUT2D eigenvalue weighted by molar-refractivity contribution is -0.177. The number of nitrogens with zero attached hydrogens (tertiary/aromatic N) is 1. The fourth-order valence-electron chi connectivity index (χ4n) is 2.92. The Labute approximate surface area is 127 Å². The van der Waals surface area contributed by atoms with Crippen molar-refractivity contribution in [1.29, 1.82) is 0 Å². The minimum atomic E-state index is -0.769. The van der Waals surface area contributed by atoms with Crippen LogP contribution >= 0.6 is 22.9 Å². The fraction of sp³-hybridized carbons (Fsp3) is 0.308. The molecule has 4 rings (SSSR count). The smallest absolute Gasteiger partial charge is 0.365 e. The van der Waals surface area contributed by atoms with E-state index in [-0.39, 0.29) is 4.88 Å². The number of carbonyl (C=O) groups is 3. The number of imide groups is 1. The predicted molar refractivity (Wildman–Crippen MR) is 71.4 cm³/mol. The molecule has 0 aromatic carbocycles. The monoisotopic (exact) mass is 325 g/mol. The van der Waals surface area contributed by atoms with Crippen LogP contribution in [0.5, 0.6) is 0 Å². The van der Waals surface area contributed by atoms with E-state index in [0.717, 1.165) is 11.3 Å². The van der Waals surface area contributed by atoms with Gasteiger partial charge >= 0.3 is 5.97 Å². The van der Waals surface area contributed by atoms with E-state index in [2.05, 4.69) is 0 Å². The molecule has 0 saturated carbocycles. The van der Waals surface area contributed by atoms with Crippen molar-refractivity contribution in [2.45, 2.75) is 12.2 Å². The molecule has 2 saturated heterocycles. The van der Waals surface area contributed by atoms with E-state index in [0.29, 0.717) is 9.40 Å². The molecule has 2 amide bonds. The zero-order chi connectivity index (χ0) is 14.7. The van der Waals surface area contributed by atoms with Crippen molar-refractivity contribution in [2.75, 3.05) is 0 Å². The number of thiophene rings is 1. The van der Waals surface area contributed by atoms with Crippen molar-refractivity contribution in [3.63, 3.8) is 0 Å². The quantitative estimate of drug-likeness (QED) is 0.607. The van der Waals surface area contributed by atoms with Gasteiger partial charge in [-0.25, -0.2) is 4.79 Å². The van der Waals surface area contributed by atoms with Gasteiger partial charge in [0.15, 0.2) is 0 Å².